The van der Waals surface area contributed by atoms with Gasteiger partial charge in [0.2, 0.25) is 5.88 Å². The van der Waals surface area contributed by atoms with E-state index in [1.165, 1.54) is 24.4 Å². The van der Waals surface area contributed by atoms with Crippen LogP contribution < -0.4 is 10.1 Å². The number of anilines is 1. The van der Waals surface area contributed by atoms with Crippen molar-refractivity contribution in [2.75, 3.05) is 44.8 Å². The largest absolute Gasteiger partial charge is 0.476 e. The molecule has 2 aromatic rings. The molecule has 0 spiro atoms. The number of nitrogens with one attached hydrogen (secondary N) is 1. The molecule has 0 unspecified atom stereocenters. The zero-order valence-corrected chi connectivity index (χ0v) is 14.8. The van der Waals surface area contributed by atoms with Gasteiger partial charge in [-0.15, -0.1) is 0 Å². The van der Waals surface area contributed by atoms with E-state index in [9.17, 15) is 9.18 Å². The number of hydrogen-bond donors (Lipinski definition) is 1. The fourth-order valence-electron chi connectivity index (χ4n) is 2.55. The number of morpholine rings is 1. The Hall–Kier alpha value is -2.22. The highest BCUT2D eigenvalue weighted by Gasteiger charge is 2.16. The van der Waals surface area contributed by atoms with E-state index in [4.69, 9.17) is 21.1 Å². The minimum absolute atomic E-state index is 0.0542. The molecule has 3 rings (SSSR count). The molecule has 1 fully saturated rings. The Balaban J connectivity index is 1.51. The second-order valence-electron chi connectivity index (χ2n) is 5.74. The van der Waals surface area contributed by atoms with Crippen LogP contribution in [-0.4, -0.2) is 55.2 Å². The van der Waals surface area contributed by atoms with E-state index >= 15 is 0 Å². The van der Waals surface area contributed by atoms with Crippen LogP contribution in [0, 0.1) is 5.82 Å². The number of hydrogen-bond acceptors (Lipinski definition) is 5. The molecule has 0 atom stereocenters. The Kier molecular flexibility index (Phi) is 6.38. The van der Waals surface area contributed by atoms with Gasteiger partial charge in [-0.25, -0.2) is 9.37 Å². The van der Waals surface area contributed by atoms with E-state index < -0.39 is 11.7 Å². The average molecular weight is 380 g/mol. The van der Waals surface area contributed by atoms with Gasteiger partial charge in [0.05, 0.1) is 35.7 Å². The molecular formula is C18H19ClFN3O3. The lowest BCUT2D eigenvalue weighted by molar-refractivity contribution is 0.0320. The first kappa shape index (κ1) is 18.6. The van der Waals surface area contributed by atoms with Gasteiger partial charge in [-0.1, -0.05) is 17.7 Å². The molecule has 26 heavy (non-hydrogen) atoms. The van der Waals surface area contributed by atoms with Gasteiger partial charge in [-0.05, 0) is 18.2 Å². The number of aromatic nitrogens is 1. The van der Waals surface area contributed by atoms with Gasteiger partial charge in [0, 0.05) is 25.7 Å². The van der Waals surface area contributed by atoms with Gasteiger partial charge in [0.1, 0.15) is 12.4 Å². The summed E-state index contributed by atoms with van der Waals surface area (Å²) in [7, 11) is 0. The number of ether oxygens (including phenoxy) is 2. The zero-order valence-electron chi connectivity index (χ0n) is 14.1. The van der Waals surface area contributed by atoms with Crippen molar-refractivity contribution in [1.82, 2.24) is 9.88 Å². The fourth-order valence-corrected chi connectivity index (χ4v) is 2.80. The number of pyridine rings is 1. The van der Waals surface area contributed by atoms with Crippen molar-refractivity contribution >= 4 is 23.2 Å². The monoisotopic (exact) mass is 379 g/mol. The van der Waals surface area contributed by atoms with Crippen LogP contribution >= 0.6 is 11.6 Å². The van der Waals surface area contributed by atoms with Crippen molar-refractivity contribution in [3.63, 3.8) is 0 Å². The maximum atomic E-state index is 13.8. The van der Waals surface area contributed by atoms with Gasteiger partial charge < -0.3 is 14.8 Å². The van der Waals surface area contributed by atoms with Crippen LogP contribution in [0.25, 0.3) is 0 Å². The van der Waals surface area contributed by atoms with Gasteiger partial charge in [0.25, 0.3) is 5.91 Å². The van der Waals surface area contributed by atoms with E-state index in [1.54, 1.807) is 12.1 Å². The van der Waals surface area contributed by atoms with Crippen LogP contribution in [0.15, 0.2) is 36.5 Å². The third-order valence-corrected chi connectivity index (χ3v) is 4.26. The molecule has 138 valence electrons. The Morgan fingerprint density at radius 1 is 1.31 bits per heavy atom. The topological polar surface area (TPSA) is 63.7 Å². The summed E-state index contributed by atoms with van der Waals surface area (Å²) in [5, 5.41) is 2.63. The van der Waals surface area contributed by atoms with Crippen molar-refractivity contribution in [3.05, 3.63) is 52.9 Å². The van der Waals surface area contributed by atoms with Crippen molar-refractivity contribution < 1.29 is 18.7 Å². The van der Waals surface area contributed by atoms with Crippen LogP contribution in [0.1, 0.15) is 10.4 Å². The van der Waals surface area contributed by atoms with Gasteiger partial charge in [-0.3, -0.25) is 9.69 Å². The number of nitrogens with zero attached hydrogens (tertiary/aromatic N) is 2. The molecule has 1 aliphatic heterocycles. The van der Waals surface area contributed by atoms with Crippen molar-refractivity contribution in [1.29, 1.82) is 0 Å². The van der Waals surface area contributed by atoms with Crippen LogP contribution in [0.2, 0.25) is 5.02 Å². The van der Waals surface area contributed by atoms with E-state index in [0.29, 0.717) is 18.2 Å². The number of benzene rings is 1. The molecular weight excluding hydrogens is 361 g/mol. The quantitative estimate of drug-likeness (QED) is 0.836. The third kappa shape index (κ3) is 4.91. The molecule has 1 N–H and O–H groups in total. The fraction of sp³-hybridized carbons (Fsp3) is 0.333. The number of amides is 1. The van der Waals surface area contributed by atoms with E-state index in [1.807, 2.05) is 0 Å². The summed E-state index contributed by atoms with van der Waals surface area (Å²) >= 11 is 5.89. The molecule has 0 radical (unpaired) electrons. The molecule has 2 heterocycles. The summed E-state index contributed by atoms with van der Waals surface area (Å²) in [6, 6.07) is 7.38. The highest BCUT2D eigenvalue weighted by atomic mass is 35.5. The number of halogens is 2. The number of carbonyl (C=O) groups is 1. The highest BCUT2D eigenvalue weighted by Crippen LogP contribution is 2.21. The lowest BCUT2D eigenvalue weighted by atomic mass is 10.2. The SMILES string of the molecule is O=C(Nc1ccc(OCCN2CCOCC2)nc1)c1c(F)cccc1Cl. The second-order valence-corrected chi connectivity index (χ2v) is 6.15. The summed E-state index contributed by atoms with van der Waals surface area (Å²) in [5.74, 6) is -0.845. The second kappa shape index (κ2) is 8.93. The molecule has 1 aromatic heterocycles. The third-order valence-electron chi connectivity index (χ3n) is 3.95. The Bertz CT molecular complexity index is 732. The molecule has 1 aliphatic rings. The van der Waals surface area contributed by atoms with Crippen molar-refractivity contribution in [2.45, 2.75) is 0 Å². The first-order valence-corrected chi connectivity index (χ1v) is 8.65. The smallest absolute Gasteiger partial charge is 0.260 e. The molecule has 0 saturated carbocycles. The molecule has 6 nitrogen and oxygen atoms in total. The van der Waals surface area contributed by atoms with Gasteiger partial charge in [-0.2, -0.15) is 0 Å². The highest BCUT2D eigenvalue weighted by molar-refractivity contribution is 6.34. The predicted molar refractivity (Wildman–Crippen MR) is 96.4 cm³/mol. The minimum atomic E-state index is -0.675. The minimum Gasteiger partial charge on any atom is -0.476 e. The normalized spacial score (nSPS) is 14.8. The molecule has 8 heteroatoms. The Morgan fingerprint density at radius 2 is 2.12 bits per heavy atom. The summed E-state index contributed by atoms with van der Waals surface area (Å²) in [6.07, 6.45) is 1.46. The molecule has 1 aromatic carbocycles. The maximum Gasteiger partial charge on any atom is 0.260 e. The molecule has 1 saturated heterocycles. The summed E-state index contributed by atoms with van der Waals surface area (Å²) in [5.41, 5.74) is 0.231. The predicted octanol–water partition coefficient (Wildman–Crippen LogP) is 2.84. The first-order valence-electron chi connectivity index (χ1n) is 8.28. The molecule has 0 bridgehead atoms. The summed E-state index contributed by atoms with van der Waals surface area (Å²) in [4.78, 5) is 18.6. The van der Waals surface area contributed by atoms with E-state index in [2.05, 4.69) is 15.2 Å². The van der Waals surface area contributed by atoms with Crippen LogP contribution in [0.5, 0.6) is 5.88 Å². The van der Waals surface area contributed by atoms with E-state index in [0.717, 1.165) is 32.8 Å². The lowest BCUT2D eigenvalue weighted by Crippen LogP contribution is -2.38. The molecule has 1 amide bonds. The zero-order chi connectivity index (χ0) is 18.4. The number of rotatable bonds is 6. The Labute approximate surface area is 155 Å². The van der Waals surface area contributed by atoms with E-state index in [-0.39, 0.29) is 10.6 Å². The van der Waals surface area contributed by atoms with Gasteiger partial charge in [0.15, 0.2) is 0 Å². The maximum absolute atomic E-state index is 13.8. The van der Waals surface area contributed by atoms with Crippen LogP contribution in [0.3, 0.4) is 0 Å². The van der Waals surface area contributed by atoms with Crippen molar-refractivity contribution in [3.8, 4) is 5.88 Å². The van der Waals surface area contributed by atoms with Crippen LogP contribution in [-0.2, 0) is 4.74 Å². The average Bonchev–Trinajstić information content (AvgIpc) is 2.64. The van der Waals surface area contributed by atoms with Crippen LogP contribution in [0.4, 0.5) is 10.1 Å². The van der Waals surface area contributed by atoms with Crippen molar-refractivity contribution in [2.24, 2.45) is 0 Å². The Morgan fingerprint density at radius 3 is 2.81 bits per heavy atom. The first-order chi connectivity index (χ1) is 12.6. The standard InChI is InChI=1S/C18H19ClFN3O3/c19-14-2-1-3-15(20)17(14)18(24)22-13-4-5-16(21-12-13)26-11-8-23-6-9-25-10-7-23/h1-5,12H,6-11H2,(H,22,24). The lowest BCUT2D eigenvalue weighted by Gasteiger charge is -2.26. The summed E-state index contributed by atoms with van der Waals surface area (Å²) in [6.45, 7) is 4.62. The van der Waals surface area contributed by atoms with Gasteiger partial charge >= 0.3 is 0 Å². The molecule has 0 aliphatic carbocycles. The number of carbonyl (C=O) groups excluding carboxylic acids is 1. The summed E-state index contributed by atoms with van der Waals surface area (Å²) < 4.78 is 24.7.